The number of benzene rings is 2. The lowest BCUT2D eigenvalue weighted by atomic mass is 10.2. The van der Waals surface area contributed by atoms with Crippen LogP contribution in [0.4, 0.5) is 5.69 Å². The minimum absolute atomic E-state index is 0.0113. The summed E-state index contributed by atoms with van der Waals surface area (Å²) < 4.78 is 59.1. The molecule has 0 aliphatic heterocycles. The van der Waals surface area contributed by atoms with Gasteiger partial charge in [-0.15, -0.1) is 0 Å². The van der Waals surface area contributed by atoms with Crippen LogP contribution in [0.1, 0.15) is 38.1 Å². The number of carbonyl (C=O) groups is 1. The number of hydrogen-bond donors (Lipinski definition) is 1. The molecule has 11 heteroatoms. The Morgan fingerprint density at radius 2 is 1.58 bits per heavy atom. The molecule has 182 valence electrons. The van der Waals surface area contributed by atoms with Gasteiger partial charge in [-0.25, -0.2) is 16.8 Å². The summed E-state index contributed by atoms with van der Waals surface area (Å²) in [6.45, 7) is 7.59. The van der Waals surface area contributed by atoms with Crippen molar-refractivity contribution in [1.29, 1.82) is 0 Å². The summed E-state index contributed by atoms with van der Waals surface area (Å²) in [5, 5.41) is 2.64. The van der Waals surface area contributed by atoms with E-state index in [0.717, 1.165) is 0 Å². The highest BCUT2D eigenvalue weighted by Gasteiger charge is 2.25. The summed E-state index contributed by atoms with van der Waals surface area (Å²) in [5.74, 6) is -0.333. The summed E-state index contributed by atoms with van der Waals surface area (Å²) in [6.07, 6.45) is 0. The number of rotatable bonds is 10. The van der Waals surface area contributed by atoms with Crippen molar-refractivity contribution in [2.75, 3.05) is 32.6 Å². The van der Waals surface area contributed by atoms with Gasteiger partial charge < -0.3 is 10.1 Å². The summed E-state index contributed by atoms with van der Waals surface area (Å²) in [7, 11) is -4.66. The Labute approximate surface area is 196 Å². The number of nitrogens with zero attached hydrogens (tertiary/aromatic N) is 2. The quantitative estimate of drug-likeness (QED) is 0.540. The lowest BCUT2D eigenvalue weighted by Gasteiger charge is -2.21. The first-order valence-electron chi connectivity index (χ1n) is 10.5. The van der Waals surface area contributed by atoms with Crippen LogP contribution in [0.2, 0.25) is 0 Å². The molecule has 0 unspecified atom stereocenters. The maximum Gasteiger partial charge on any atom is 0.255 e. The second-order valence-corrected chi connectivity index (χ2v) is 11.5. The molecule has 0 atom stereocenters. The summed E-state index contributed by atoms with van der Waals surface area (Å²) in [5.41, 5.74) is 0.260. The molecule has 2 rings (SSSR count). The van der Waals surface area contributed by atoms with E-state index in [2.05, 4.69) is 5.32 Å². The van der Waals surface area contributed by atoms with Gasteiger partial charge in [0.05, 0.1) is 22.6 Å². The van der Waals surface area contributed by atoms with Crippen LogP contribution in [0.15, 0.2) is 52.3 Å². The van der Waals surface area contributed by atoms with E-state index in [9.17, 15) is 21.6 Å². The van der Waals surface area contributed by atoms with Crippen molar-refractivity contribution in [3.8, 4) is 5.75 Å². The van der Waals surface area contributed by atoms with Crippen LogP contribution in [0.25, 0.3) is 0 Å². The van der Waals surface area contributed by atoms with Crippen LogP contribution in [0, 0.1) is 0 Å². The fraction of sp³-hybridized carbons (Fsp3) is 0.409. The Morgan fingerprint density at radius 1 is 0.970 bits per heavy atom. The lowest BCUT2D eigenvalue weighted by molar-refractivity contribution is 0.102. The van der Waals surface area contributed by atoms with Gasteiger partial charge in [0.2, 0.25) is 20.0 Å². The molecule has 0 radical (unpaired) electrons. The minimum Gasteiger partial charge on any atom is -0.495 e. The molecule has 1 amide bonds. The maximum atomic E-state index is 12.9. The van der Waals surface area contributed by atoms with Crippen molar-refractivity contribution < 1.29 is 26.4 Å². The van der Waals surface area contributed by atoms with Gasteiger partial charge in [-0.3, -0.25) is 4.79 Å². The fourth-order valence-corrected chi connectivity index (χ4v) is 5.99. The van der Waals surface area contributed by atoms with Gasteiger partial charge in [-0.2, -0.15) is 8.61 Å². The van der Waals surface area contributed by atoms with Crippen LogP contribution >= 0.6 is 0 Å². The maximum absolute atomic E-state index is 12.9. The molecule has 2 aromatic rings. The number of ether oxygens (including phenoxy) is 1. The number of anilines is 1. The number of sulfonamides is 2. The summed E-state index contributed by atoms with van der Waals surface area (Å²) in [6, 6.07) is 9.61. The van der Waals surface area contributed by atoms with E-state index in [4.69, 9.17) is 4.74 Å². The van der Waals surface area contributed by atoms with Crippen molar-refractivity contribution in [2.45, 2.75) is 43.5 Å². The monoisotopic (exact) mass is 497 g/mol. The number of methoxy groups -OCH3 is 1. The largest absolute Gasteiger partial charge is 0.495 e. The molecule has 1 N–H and O–H groups in total. The second-order valence-electron chi connectivity index (χ2n) is 7.55. The normalized spacial score (nSPS) is 12.4. The first-order chi connectivity index (χ1) is 15.4. The van der Waals surface area contributed by atoms with Crippen LogP contribution in [-0.4, -0.2) is 64.6 Å². The third kappa shape index (κ3) is 5.72. The number of nitrogens with one attached hydrogen (secondary N) is 1. The highest BCUT2D eigenvalue weighted by molar-refractivity contribution is 7.89. The Balaban J connectivity index is 2.43. The standard InChI is InChI=1S/C22H31N3O6S2/c1-7-25(8-2)33(29,30)19-12-13-21(31-6)20(15-19)23-22(26)17-10-9-11-18(14-17)32(27,28)24(5)16(3)4/h9-16H,7-8H2,1-6H3,(H,23,26). The van der Waals surface area contributed by atoms with Crippen molar-refractivity contribution in [2.24, 2.45) is 0 Å². The molecule has 0 aliphatic carbocycles. The van der Waals surface area contributed by atoms with Gasteiger partial charge in [0.15, 0.2) is 0 Å². The molecule has 33 heavy (non-hydrogen) atoms. The first-order valence-corrected chi connectivity index (χ1v) is 13.4. The molecule has 0 aliphatic rings. The molecule has 0 spiro atoms. The third-order valence-electron chi connectivity index (χ3n) is 5.26. The number of amides is 1. The van der Waals surface area contributed by atoms with E-state index in [1.165, 1.54) is 65.2 Å². The Bertz CT molecular complexity index is 1210. The SMILES string of the molecule is CCN(CC)S(=O)(=O)c1ccc(OC)c(NC(=O)c2cccc(S(=O)(=O)N(C)C(C)C)c2)c1. The number of hydrogen-bond acceptors (Lipinski definition) is 6. The van der Waals surface area contributed by atoms with Crippen LogP contribution in [0.5, 0.6) is 5.75 Å². The Hall–Kier alpha value is -2.47. The highest BCUT2D eigenvalue weighted by atomic mass is 32.2. The molecular formula is C22H31N3O6S2. The molecule has 0 saturated carbocycles. The topological polar surface area (TPSA) is 113 Å². The zero-order valence-corrected chi connectivity index (χ0v) is 21.3. The van der Waals surface area contributed by atoms with Crippen molar-refractivity contribution >= 4 is 31.6 Å². The van der Waals surface area contributed by atoms with Crippen LogP contribution in [-0.2, 0) is 20.0 Å². The zero-order chi connectivity index (χ0) is 25.0. The van der Waals surface area contributed by atoms with Gasteiger partial charge in [0, 0.05) is 31.7 Å². The Kier molecular flexibility index (Phi) is 8.63. The molecule has 0 heterocycles. The smallest absolute Gasteiger partial charge is 0.255 e. The van der Waals surface area contributed by atoms with Crippen LogP contribution in [0.3, 0.4) is 0 Å². The van der Waals surface area contributed by atoms with Gasteiger partial charge >= 0.3 is 0 Å². The van der Waals surface area contributed by atoms with E-state index in [-0.39, 0.29) is 32.8 Å². The first kappa shape index (κ1) is 26.8. The van der Waals surface area contributed by atoms with Crippen molar-refractivity contribution in [3.05, 3.63) is 48.0 Å². The molecule has 9 nitrogen and oxygen atoms in total. The van der Waals surface area contributed by atoms with Gasteiger partial charge in [-0.1, -0.05) is 19.9 Å². The third-order valence-corrected chi connectivity index (χ3v) is 9.34. The Morgan fingerprint density at radius 3 is 2.12 bits per heavy atom. The summed E-state index contributed by atoms with van der Waals surface area (Å²) >= 11 is 0. The molecule has 0 aromatic heterocycles. The van der Waals surface area contributed by atoms with Gasteiger partial charge in [-0.05, 0) is 50.2 Å². The van der Waals surface area contributed by atoms with Gasteiger partial charge in [0.25, 0.3) is 5.91 Å². The fourth-order valence-electron chi connectivity index (χ4n) is 3.09. The second kappa shape index (κ2) is 10.6. The lowest BCUT2D eigenvalue weighted by Crippen LogP contribution is -2.33. The van der Waals surface area contributed by atoms with E-state index >= 15 is 0 Å². The van der Waals surface area contributed by atoms with E-state index < -0.39 is 26.0 Å². The predicted molar refractivity (Wildman–Crippen MR) is 128 cm³/mol. The highest BCUT2D eigenvalue weighted by Crippen LogP contribution is 2.29. The molecule has 0 bridgehead atoms. The van der Waals surface area contributed by atoms with Crippen LogP contribution < -0.4 is 10.1 Å². The molecule has 2 aromatic carbocycles. The zero-order valence-electron chi connectivity index (χ0n) is 19.7. The molecular weight excluding hydrogens is 466 g/mol. The van der Waals surface area contributed by atoms with E-state index in [0.29, 0.717) is 13.1 Å². The van der Waals surface area contributed by atoms with E-state index in [1.807, 2.05) is 0 Å². The van der Waals surface area contributed by atoms with Crippen molar-refractivity contribution in [1.82, 2.24) is 8.61 Å². The van der Waals surface area contributed by atoms with Gasteiger partial charge in [0.1, 0.15) is 5.75 Å². The summed E-state index contributed by atoms with van der Waals surface area (Å²) in [4.78, 5) is 12.9. The average molecular weight is 498 g/mol. The average Bonchev–Trinajstić information content (AvgIpc) is 2.79. The number of carbonyl (C=O) groups excluding carboxylic acids is 1. The molecule has 0 saturated heterocycles. The molecule has 0 fully saturated rings. The predicted octanol–water partition coefficient (Wildman–Crippen LogP) is 3.01. The minimum atomic E-state index is -3.78. The van der Waals surface area contributed by atoms with E-state index in [1.54, 1.807) is 27.7 Å². The van der Waals surface area contributed by atoms with Crippen molar-refractivity contribution in [3.63, 3.8) is 0 Å².